The van der Waals surface area contributed by atoms with Crippen LogP contribution in [0.4, 0.5) is 0 Å². The summed E-state index contributed by atoms with van der Waals surface area (Å²) >= 11 is 0. The zero-order valence-corrected chi connectivity index (χ0v) is 14.1. The topological polar surface area (TPSA) is 18.5 Å². The fourth-order valence-electron chi connectivity index (χ4n) is 3.57. The van der Waals surface area contributed by atoms with E-state index in [-0.39, 0.29) is 5.41 Å². The fraction of sp³-hybridized carbons (Fsp3) is 0.667. The molecule has 1 aromatic rings. The van der Waals surface area contributed by atoms with Crippen LogP contribution in [0.5, 0.6) is 0 Å². The Kier molecular flexibility index (Phi) is 5.80. The first-order valence-corrected chi connectivity index (χ1v) is 8.22. The van der Waals surface area contributed by atoms with E-state index < -0.39 is 0 Å². The lowest BCUT2D eigenvalue weighted by Gasteiger charge is -2.43. The second-order valence-corrected chi connectivity index (χ2v) is 6.73. The number of nitrogens with one attached hydrogen (secondary N) is 1. The van der Waals surface area contributed by atoms with Gasteiger partial charge in [-0.1, -0.05) is 44.2 Å². The van der Waals surface area contributed by atoms with Crippen molar-refractivity contribution in [2.75, 3.05) is 46.8 Å². The zero-order valence-electron chi connectivity index (χ0n) is 14.1. The summed E-state index contributed by atoms with van der Waals surface area (Å²) in [4.78, 5) is 5.16. The Morgan fingerprint density at radius 2 is 1.95 bits per heavy atom. The van der Waals surface area contributed by atoms with Gasteiger partial charge in [0, 0.05) is 44.2 Å². The van der Waals surface area contributed by atoms with Gasteiger partial charge in [-0.05, 0) is 26.1 Å². The van der Waals surface area contributed by atoms with E-state index in [4.69, 9.17) is 0 Å². The van der Waals surface area contributed by atoms with Crippen LogP contribution >= 0.6 is 0 Å². The zero-order chi connectivity index (χ0) is 15.3. The molecule has 0 saturated carbocycles. The molecule has 2 rings (SSSR count). The van der Waals surface area contributed by atoms with Gasteiger partial charge in [0.25, 0.3) is 0 Å². The summed E-state index contributed by atoms with van der Waals surface area (Å²) in [6.07, 6.45) is 1.24. The maximum absolute atomic E-state index is 3.39. The first-order chi connectivity index (χ1) is 10.1. The van der Waals surface area contributed by atoms with E-state index in [0.717, 1.165) is 13.1 Å². The standard InChI is InChI=1S/C18H31N3/c1-5-17-13-21(12-11-20(17)4)15-18(2,14-19-3)16-9-7-6-8-10-16/h6-10,17,19H,5,11-15H2,1-4H3. The van der Waals surface area contributed by atoms with Gasteiger partial charge in [0.05, 0.1) is 0 Å². The van der Waals surface area contributed by atoms with Crippen molar-refractivity contribution < 1.29 is 0 Å². The Morgan fingerprint density at radius 1 is 1.24 bits per heavy atom. The molecule has 1 fully saturated rings. The maximum Gasteiger partial charge on any atom is 0.0218 e. The Hall–Kier alpha value is -0.900. The van der Waals surface area contributed by atoms with Crippen molar-refractivity contribution >= 4 is 0 Å². The highest BCUT2D eigenvalue weighted by atomic mass is 15.3. The van der Waals surface area contributed by atoms with Gasteiger partial charge in [0.2, 0.25) is 0 Å². The minimum atomic E-state index is 0.171. The van der Waals surface area contributed by atoms with Crippen LogP contribution in [0.2, 0.25) is 0 Å². The van der Waals surface area contributed by atoms with Gasteiger partial charge >= 0.3 is 0 Å². The van der Waals surface area contributed by atoms with Crippen molar-refractivity contribution in [2.45, 2.75) is 31.7 Å². The Labute approximate surface area is 130 Å². The van der Waals surface area contributed by atoms with Crippen LogP contribution in [0, 0.1) is 0 Å². The summed E-state index contributed by atoms with van der Waals surface area (Å²) in [5.41, 5.74) is 1.61. The summed E-state index contributed by atoms with van der Waals surface area (Å²) in [5.74, 6) is 0. The minimum Gasteiger partial charge on any atom is -0.319 e. The lowest BCUT2D eigenvalue weighted by molar-refractivity contribution is 0.0773. The summed E-state index contributed by atoms with van der Waals surface area (Å²) < 4.78 is 0. The lowest BCUT2D eigenvalue weighted by Crippen LogP contribution is -2.55. The van der Waals surface area contributed by atoms with Gasteiger partial charge in [-0.15, -0.1) is 0 Å². The highest BCUT2D eigenvalue weighted by molar-refractivity contribution is 5.25. The van der Waals surface area contributed by atoms with E-state index in [2.05, 4.69) is 73.4 Å². The van der Waals surface area contributed by atoms with E-state index >= 15 is 0 Å². The largest absolute Gasteiger partial charge is 0.319 e. The number of rotatable bonds is 6. The van der Waals surface area contributed by atoms with Crippen molar-refractivity contribution in [1.29, 1.82) is 0 Å². The molecular formula is C18H31N3. The first-order valence-electron chi connectivity index (χ1n) is 8.22. The van der Waals surface area contributed by atoms with Crippen LogP contribution in [0.1, 0.15) is 25.8 Å². The molecule has 1 heterocycles. The van der Waals surface area contributed by atoms with Crippen LogP contribution in [0.25, 0.3) is 0 Å². The van der Waals surface area contributed by atoms with Crippen molar-refractivity contribution in [3.8, 4) is 0 Å². The summed E-state index contributed by atoms with van der Waals surface area (Å²) in [7, 11) is 4.31. The molecule has 0 spiro atoms. The van der Waals surface area contributed by atoms with Crippen LogP contribution in [-0.2, 0) is 5.41 Å². The van der Waals surface area contributed by atoms with E-state index in [1.807, 2.05) is 0 Å². The molecule has 0 aliphatic carbocycles. The lowest BCUT2D eigenvalue weighted by atomic mass is 9.81. The second-order valence-electron chi connectivity index (χ2n) is 6.73. The average Bonchev–Trinajstić information content (AvgIpc) is 2.50. The molecule has 1 aliphatic heterocycles. The van der Waals surface area contributed by atoms with E-state index in [1.165, 1.54) is 31.6 Å². The molecule has 3 heteroatoms. The molecule has 118 valence electrons. The predicted molar refractivity (Wildman–Crippen MR) is 90.9 cm³/mol. The highest BCUT2D eigenvalue weighted by Crippen LogP contribution is 2.25. The average molecular weight is 289 g/mol. The van der Waals surface area contributed by atoms with Gasteiger partial charge in [-0.3, -0.25) is 4.90 Å². The third-order valence-corrected chi connectivity index (χ3v) is 4.94. The van der Waals surface area contributed by atoms with Crippen molar-refractivity contribution in [3.63, 3.8) is 0 Å². The molecule has 3 nitrogen and oxygen atoms in total. The molecule has 1 aromatic carbocycles. The van der Waals surface area contributed by atoms with Crippen LogP contribution in [0.15, 0.2) is 30.3 Å². The summed E-state index contributed by atoms with van der Waals surface area (Å²) in [6.45, 7) is 10.4. The van der Waals surface area contributed by atoms with Crippen molar-refractivity contribution in [3.05, 3.63) is 35.9 Å². The van der Waals surface area contributed by atoms with Gasteiger partial charge in [0.15, 0.2) is 0 Å². The van der Waals surface area contributed by atoms with Crippen molar-refractivity contribution in [2.24, 2.45) is 0 Å². The number of likely N-dealkylation sites (N-methyl/N-ethyl adjacent to an activating group) is 2. The van der Waals surface area contributed by atoms with Crippen LogP contribution in [0.3, 0.4) is 0 Å². The molecule has 0 radical (unpaired) electrons. The molecule has 0 bridgehead atoms. The number of hydrogen-bond acceptors (Lipinski definition) is 3. The van der Waals surface area contributed by atoms with E-state index in [0.29, 0.717) is 6.04 Å². The molecule has 1 N–H and O–H groups in total. The predicted octanol–water partition coefficient (Wildman–Crippen LogP) is 2.19. The molecular weight excluding hydrogens is 258 g/mol. The van der Waals surface area contributed by atoms with Gasteiger partial charge in [0.1, 0.15) is 0 Å². The van der Waals surface area contributed by atoms with Crippen molar-refractivity contribution in [1.82, 2.24) is 15.1 Å². The molecule has 1 aliphatic rings. The SMILES string of the molecule is CCC1CN(CC(C)(CNC)c2ccccc2)CCN1C. The second kappa shape index (κ2) is 7.39. The number of hydrogen-bond donors (Lipinski definition) is 1. The third kappa shape index (κ3) is 4.06. The Bertz CT molecular complexity index is 420. The van der Waals surface area contributed by atoms with E-state index in [1.54, 1.807) is 0 Å². The third-order valence-electron chi connectivity index (χ3n) is 4.94. The van der Waals surface area contributed by atoms with Crippen LogP contribution in [-0.4, -0.2) is 62.7 Å². The normalized spacial score (nSPS) is 23.9. The molecule has 21 heavy (non-hydrogen) atoms. The molecule has 1 saturated heterocycles. The minimum absolute atomic E-state index is 0.171. The molecule has 2 unspecified atom stereocenters. The summed E-state index contributed by atoms with van der Waals surface area (Å²) in [5, 5.41) is 3.39. The quantitative estimate of drug-likeness (QED) is 0.866. The number of nitrogens with zero attached hydrogens (tertiary/aromatic N) is 2. The van der Waals surface area contributed by atoms with Crippen LogP contribution < -0.4 is 5.32 Å². The monoisotopic (exact) mass is 289 g/mol. The molecule has 2 atom stereocenters. The summed E-state index contributed by atoms with van der Waals surface area (Å²) in [6, 6.07) is 11.7. The van der Waals surface area contributed by atoms with Gasteiger partial charge in [-0.25, -0.2) is 0 Å². The fourth-order valence-corrected chi connectivity index (χ4v) is 3.57. The Balaban J connectivity index is 2.09. The maximum atomic E-state index is 3.39. The van der Waals surface area contributed by atoms with Gasteiger partial charge in [-0.2, -0.15) is 0 Å². The Morgan fingerprint density at radius 3 is 2.57 bits per heavy atom. The molecule has 0 aromatic heterocycles. The van der Waals surface area contributed by atoms with Gasteiger partial charge < -0.3 is 10.2 Å². The van der Waals surface area contributed by atoms with E-state index in [9.17, 15) is 0 Å². The molecule has 0 amide bonds. The number of benzene rings is 1. The highest BCUT2D eigenvalue weighted by Gasteiger charge is 2.31. The first kappa shape index (κ1) is 16.5. The smallest absolute Gasteiger partial charge is 0.0218 e. The number of piperazine rings is 1.